The molecule has 2 N–H and O–H groups in total. The average Bonchev–Trinajstić information content (AvgIpc) is 2.78. The lowest BCUT2D eigenvalue weighted by Crippen LogP contribution is -2.52. The molecule has 1 atom stereocenters. The highest BCUT2D eigenvalue weighted by Crippen LogP contribution is 2.41. The summed E-state index contributed by atoms with van der Waals surface area (Å²) in [4.78, 5) is 24.1. The van der Waals surface area contributed by atoms with Gasteiger partial charge in [0.1, 0.15) is 6.42 Å². The van der Waals surface area contributed by atoms with Crippen molar-refractivity contribution in [3.8, 4) is 0 Å². The van der Waals surface area contributed by atoms with E-state index in [1.165, 1.54) is 13.8 Å². The molecule has 2 amide bonds. The lowest BCUT2D eigenvalue weighted by Gasteiger charge is -2.27. The second kappa shape index (κ2) is 12.7. The van der Waals surface area contributed by atoms with Crippen LogP contribution in [0.15, 0.2) is 36.4 Å². The first-order valence-corrected chi connectivity index (χ1v) is 12.4. The molecule has 0 heterocycles. The molecule has 41 heavy (non-hydrogen) atoms. The minimum atomic E-state index is -5.12. The standard InChI is InChI=1S/C25H20Cl3F9N2O2/c1-22(2,39-19(40)10-23(29,30)31)11-38-21(41)14-5-3-12(7-16(14)25(35,36)37)4-6-15(24(32,33)34)13-8-17(26)20(28)18(27)9-13/h3-9,15H,10-11H2,1-2H3,(H,38,41)(H,39,40). The van der Waals surface area contributed by atoms with Crippen LogP contribution in [0.3, 0.4) is 0 Å². The summed E-state index contributed by atoms with van der Waals surface area (Å²) in [6.45, 7) is 1.92. The Bertz CT molecular complexity index is 1300. The van der Waals surface area contributed by atoms with Gasteiger partial charge in [-0.3, -0.25) is 9.59 Å². The SMILES string of the molecule is CC(C)(CNC(=O)c1ccc(C=CC(c2cc(Cl)c(Cl)c(Cl)c2)C(F)(F)F)cc1C(F)(F)F)NC(=O)CC(F)(F)F. The van der Waals surface area contributed by atoms with Crippen LogP contribution in [0.4, 0.5) is 39.5 Å². The van der Waals surface area contributed by atoms with E-state index in [-0.39, 0.29) is 20.6 Å². The van der Waals surface area contributed by atoms with Crippen LogP contribution in [0.2, 0.25) is 15.1 Å². The van der Waals surface area contributed by atoms with E-state index >= 15 is 0 Å². The molecule has 0 spiro atoms. The summed E-state index contributed by atoms with van der Waals surface area (Å²) in [7, 11) is 0. The van der Waals surface area contributed by atoms with Crippen LogP contribution in [0.1, 0.15) is 53.2 Å². The predicted octanol–water partition coefficient (Wildman–Crippen LogP) is 8.60. The van der Waals surface area contributed by atoms with Crippen LogP contribution in [0.5, 0.6) is 0 Å². The maximum Gasteiger partial charge on any atom is 0.417 e. The molecule has 226 valence electrons. The molecule has 2 rings (SSSR count). The van der Waals surface area contributed by atoms with Crippen molar-refractivity contribution in [1.82, 2.24) is 10.6 Å². The zero-order valence-electron chi connectivity index (χ0n) is 20.9. The molecule has 0 bridgehead atoms. The average molecular weight is 658 g/mol. The number of hydrogen-bond acceptors (Lipinski definition) is 2. The molecule has 0 aliphatic heterocycles. The van der Waals surface area contributed by atoms with Crippen molar-refractivity contribution in [2.75, 3.05) is 6.54 Å². The van der Waals surface area contributed by atoms with Gasteiger partial charge in [0.25, 0.3) is 5.91 Å². The Hall–Kier alpha value is -2.64. The predicted molar refractivity (Wildman–Crippen MR) is 136 cm³/mol. The first-order valence-electron chi connectivity index (χ1n) is 11.3. The maximum atomic E-state index is 13.8. The zero-order chi connectivity index (χ0) is 31.6. The van der Waals surface area contributed by atoms with Crippen LogP contribution in [0.25, 0.3) is 6.08 Å². The van der Waals surface area contributed by atoms with Gasteiger partial charge in [-0.1, -0.05) is 53.0 Å². The molecular formula is C25H20Cl3F9N2O2. The first-order chi connectivity index (χ1) is 18.5. The zero-order valence-corrected chi connectivity index (χ0v) is 23.2. The highest BCUT2D eigenvalue weighted by atomic mass is 35.5. The topological polar surface area (TPSA) is 58.2 Å². The van der Waals surface area contributed by atoms with Crippen LogP contribution < -0.4 is 10.6 Å². The molecule has 0 radical (unpaired) electrons. The minimum Gasteiger partial charge on any atom is -0.350 e. The molecule has 2 aromatic rings. The van der Waals surface area contributed by atoms with Crippen LogP contribution >= 0.6 is 34.8 Å². The molecule has 0 fully saturated rings. The lowest BCUT2D eigenvalue weighted by atomic mass is 9.96. The Kier molecular flexibility index (Phi) is 10.7. The molecule has 16 heteroatoms. The van der Waals surface area contributed by atoms with E-state index in [2.05, 4.69) is 5.32 Å². The van der Waals surface area contributed by atoms with Crippen molar-refractivity contribution < 1.29 is 49.1 Å². The van der Waals surface area contributed by atoms with Gasteiger partial charge < -0.3 is 10.6 Å². The van der Waals surface area contributed by atoms with Crippen LogP contribution in [0, 0.1) is 0 Å². The maximum absolute atomic E-state index is 13.8. The molecule has 2 aromatic carbocycles. The van der Waals surface area contributed by atoms with Crippen molar-refractivity contribution in [3.63, 3.8) is 0 Å². The summed E-state index contributed by atoms with van der Waals surface area (Å²) < 4.78 is 120. The number of allylic oxidation sites excluding steroid dienone is 1. The Morgan fingerprint density at radius 2 is 1.46 bits per heavy atom. The first kappa shape index (κ1) is 34.6. The number of nitrogens with one attached hydrogen (secondary N) is 2. The minimum absolute atomic E-state index is 0.183. The van der Waals surface area contributed by atoms with Gasteiger partial charge in [-0.25, -0.2) is 0 Å². The molecular weight excluding hydrogens is 638 g/mol. The van der Waals surface area contributed by atoms with Gasteiger partial charge in [-0.15, -0.1) is 0 Å². The van der Waals surface area contributed by atoms with E-state index in [9.17, 15) is 49.1 Å². The third-order valence-electron chi connectivity index (χ3n) is 5.32. The van der Waals surface area contributed by atoms with Gasteiger partial charge >= 0.3 is 18.5 Å². The van der Waals surface area contributed by atoms with Gasteiger partial charge in [0.15, 0.2) is 0 Å². The number of hydrogen-bond donors (Lipinski definition) is 2. The smallest absolute Gasteiger partial charge is 0.350 e. The highest BCUT2D eigenvalue weighted by molar-refractivity contribution is 6.48. The molecule has 0 aromatic heterocycles. The Morgan fingerprint density at radius 3 is 1.95 bits per heavy atom. The fraction of sp³-hybridized carbons (Fsp3) is 0.360. The molecule has 0 saturated heterocycles. The van der Waals surface area contributed by atoms with Crippen molar-refractivity contribution >= 4 is 52.7 Å². The molecule has 0 saturated carbocycles. The Morgan fingerprint density at radius 1 is 0.902 bits per heavy atom. The Balaban J connectivity index is 2.33. The Labute approximate surface area is 242 Å². The second-order valence-corrected chi connectivity index (χ2v) is 10.6. The van der Waals surface area contributed by atoms with Gasteiger partial charge in [0.05, 0.1) is 37.7 Å². The van der Waals surface area contributed by atoms with E-state index in [1.807, 2.05) is 5.32 Å². The molecule has 1 unspecified atom stereocenters. The van der Waals surface area contributed by atoms with Gasteiger partial charge in [-0.05, 0) is 49.2 Å². The van der Waals surface area contributed by atoms with Crippen LogP contribution in [-0.2, 0) is 11.0 Å². The van der Waals surface area contributed by atoms with Gasteiger partial charge in [0, 0.05) is 6.54 Å². The van der Waals surface area contributed by atoms with E-state index in [0.717, 1.165) is 30.3 Å². The van der Waals surface area contributed by atoms with Crippen molar-refractivity contribution in [2.24, 2.45) is 0 Å². The summed E-state index contributed by atoms with van der Waals surface area (Å²) in [6.07, 6.45) is -15.3. The van der Waals surface area contributed by atoms with E-state index in [0.29, 0.717) is 12.1 Å². The van der Waals surface area contributed by atoms with E-state index in [4.69, 9.17) is 34.8 Å². The number of benzene rings is 2. The quantitative estimate of drug-likeness (QED) is 0.221. The molecule has 4 nitrogen and oxygen atoms in total. The summed E-state index contributed by atoms with van der Waals surface area (Å²) in [5.74, 6) is -5.03. The van der Waals surface area contributed by atoms with Gasteiger partial charge in [0.2, 0.25) is 5.91 Å². The summed E-state index contributed by atoms with van der Waals surface area (Å²) >= 11 is 17.4. The highest BCUT2D eigenvalue weighted by Gasteiger charge is 2.40. The monoisotopic (exact) mass is 656 g/mol. The van der Waals surface area contributed by atoms with Crippen LogP contribution in [-0.4, -0.2) is 36.3 Å². The third kappa shape index (κ3) is 10.3. The van der Waals surface area contributed by atoms with Crippen molar-refractivity contribution in [1.29, 1.82) is 0 Å². The number of amides is 2. The molecule has 0 aliphatic carbocycles. The van der Waals surface area contributed by atoms with E-state index in [1.54, 1.807) is 0 Å². The van der Waals surface area contributed by atoms with Gasteiger partial charge in [-0.2, -0.15) is 39.5 Å². The summed E-state index contributed by atoms with van der Waals surface area (Å²) in [6, 6.07) is 3.98. The lowest BCUT2D eigenvalue weighted by molar-refractivity contribution is -0.154. The normalized spacial score (nSPS) is 13.8. The molecule has 0 aliphatic rings. The summed E-state index contributed by atoms with van der Waals surface area (Å²) in [5.41, 5.74) is -4.63. The number of carbonyl (C=O) groups is 2. The number of rotatable bonds is 8. The summed E-state index contributed by atoms with van der Waals surface area (Å²) in [5, 5.41) is 3.40. The third-order valence-corrected chi connectivity index (χ3v) is 6.52. The second-order valence-electron chi connectivity index (χ2n) is 9.39. The fourth-order valence-corrected chi connectivity index (χ4v) is 4.13. The van der Waals surface area contributed by atoms with E-state index < -0.39 is 71.5 Å². The van der Waals surface area contributed by atoms with Crippen molar-refractivity contribution in [2.45, 2.75) is 50.3 Å². The largest absolute Gasteiger partial charge is 0.417 e. The fourth-order valence-electron chi connectivity index (χ4n) is 3.51. The van der Waals surface area contributed by atoms with Crippen molar-refractivity contribution in [3.05, 3.63) is 73.7 Å². The number of carbonyl (C=O) groups excluding carboxylic acids is 2. The number of alkyl halides is 9. The number of halogens is 12.